The molecule has 4 heterocycles. The molecule has 2 amide bonds. The molecule has 43 heavy (non-hydrogen) atoms. The fourth-order valence-electron chi connectivity index (χ4n) is 6.44. The first-order chi connectivity index (χ1) is 20.9. The number of hydrogen-bond donors (Lipinski definition) is 2. The van der Waals surface area contributed by atoms with Gasteiger partial charge >= 0.3 is 6.61 Å². The smallest absolute Gasteiger partial charge is 0.387 e. The maximum absolute atomic E-state index is 13.4. The molecule has 2 aliphatic heterocycles. The molecule has 0 bridgehead atoms. The first-order valence-electron chi connectivity index (χ1n) is 14.4. The Bertz CT molecular complexity index is 1670. The fourth-order valence-corrected chi connectivity index (χ4v) is 6.44. The van der Waals surface area contributed by atoms with Crippen LogP contribution in [0, 0.1) is 24.7 Å². The van der Waals surface area contributed by atoms with Gasteiger partial charge in [-0.3, -0.25) is 14.0 Å². The molecule has 3 fully saturated rings. The number of benzene rings is 2. The summed E-state index contributed by atoms with van der Waals surface area (Å²) in [5.74, 6) is 1.99. The summed E-state index contributed by atoms with van der Waals surface area (Å²) < 4.78 is 31.3. The lowest BCUT2D eigenvalue weighted by atomic mass is 10.1. The number of anilines is 2. The minimum Gasteiger partial charge on any atom is -0.435 e. The quantitative estimate of drug-likeness (QED) is 0.339. The zero-order valence-electron chi connectivity index (χ0n) is 23.5. The van der Waals surface area contributed by atoms with E-state index in [4.69, 9.17) is 0 Å². The van der Waals surface area contributed by atoms with Gasteiger partial charge < -0.3 is 25.2 Å². The van der Waals surface area contributed by atoms with Crippen molar-refractivity contribution >= 4 is 29.0 Å². The largest absolute Gasteiger partial charge is 0.435 e. The Morgan fingerprint density at radius 2 is 1.72 bits per heavy atom. The molecule has 2 saturated heterocycles. The summed E-state index contributed by atoms with van der Waals surface area (Å²) in [5, 5.41) is 6.64. The Kier molecular flexibility index (Phi) is 6.92. The Labute approximate surface area is 246 Å². The number of amides is 2. The second-order valence-corrected chi connectivity index (χ2v) is 11.3. The Morgan fingerprint density at radius 3 is 2.42 bits per heavy atom. The van der Waals surface area contributed by atoms with Crippen LogP contribution in [0.1, 0.15) is 15.9 Å². The second kappa shape index (κ2) is 10.9. The van der Waals surface area contributed by atoms with Gasteiger partial charge in [-0.25, -0.2) is 9.97 Å². The highest BCUT2D eigenvalue weighted by Gasteiger charge is 2.58. The molecule has 12 heteroatoms. The SMILES string of the molecule is Cc1cc(Nc2nccn3c(-c4ccc(OC(F)F)cc4)cnc23)ccc1C(=O)N1CCN(C(=O)C2C3CNCC32)CC1. The minimum atomic E-state index is -2.88. The first kappa shape index (κ1) is 27.3. The van der Waals surface area contributed by atoms with Crippen molar-refractivity contribution in [1.82, 2.24) is 29.5 Å². The maximum Gasteiger partial charge on any atom is 0.387 e. The van der Waals surface area contributed by atoms with E-state index in [1.54, 1.807) is 30.7 Å². The molecule has 2 atom stereocenters. The predicted molar refractivity (Wildman–Crippen MR) is 155 cm³/mol. The van der Waals surface area contributed by atoms with E-state index in [0.29, 0.717) is 55.0 Å². The summed E-state index contributed by atoms with van der Waals surface area (Å²) in [6.45, 7) is 3.10. The summed E-state index contributed by atoms with van der Waals surface area (Å²) >= 11 is 0. The van der Waals surface area contributed by atoms with E-state index >= 15 is 0 Å². The molecular formula is C31H31F2N7O3. The van der Waals surface area contributed by atoms with Crippen LogP contribution in [-0.4, -0.2) is 81.9 Å². The highest BCUT2D eigenvalue weighted by molar-refractivity contribution is 5.96. The van der Waals surface area contributed by atoms with Gasteiger partial charge in [-0.05, 0) is 79.9 Å². The highest BCUT2D eigenvalue weighted by Crippen LogP contribution is 2.49. The zero-order chi connectivity index (χ0) is 29.7. The van der Waals surface area contributed by atoms with Crippen LogP contribution in [0.15, 0.2) is 61.1 Å². The third-order valence-electron chi connectivity index (χ3n) is 8.78. The van der Waals surface area contributed by atoms with Gasteiger partial charge in [0.25, 0.3) is 5.91 Å². The topological polar surface area (TPSA) is 104 Å². The molecule has 0 radical (unpaired) electrons. The van der Waals surface area contributed by atoms with Gasteiger partial charge in [-0.2, -0.15) is 8.78 Å². The van der Waals surface area contributed by atoms with Crippen LogP contribution in [0.2, 0.25) is 0 Å². The van der Waals surface area contributed by atoms with Crippen LogP contribution < -0.4 is 15.4 Å². The monoisotopic (exact) mass is 587 g/mol. The van der Waals surface area contributed by atoms with Gasteiger partial charge in [0.15, 0.2) is 11.5 Å². The number of alkyl halides is 2. The van der Waals surface area contributed by atoms with E-state index in [2.05, 4.69) is 25.3 Å². The number of ether oxygens (including phenoxy) is 1. The molecular weight excluding hydrogens is 556 g/mol. The number of fused-ring (bicyclic) bond motifs is 2. The number of rotatable bonds is 7. The molecule has 10 nitrogen and oxygen atoms in total. The van der Waals surface area contributed by atoms with Crippen molar-refractivity contribution in [2.24, 2.45) is 17.8 Å². The Morgan fingerprint density at radius 1 is 1.00 bits per heavy atom. The van der Waals surface area contributed by atoms with Crippen molar-refractivity contribution in [2.75, 3.05) is 44.6 Å². The van der Waals surface area contributed by atoms with Crippen molar-refractivity contribution in [2.45, 2.75) is 13.5 Å². The second-order valence-electron chi connectivity index (χ2n) is 11.3. The maximum atomic E-state index is 13.4. The van der Waals surface area contributed by atoms with E-state index in [9.17, 15) is 18.4 Å². The molecule has 2 N–H and O–H groups in total. The van der Waals surface area contributed by atoms with E-state index in [-0.39, 0.29) is 23.5 Å². The minimum absolute atomic E-state index is 0.0354. The summed E-state index contributed by atoms with van der Waals surface area (Å²) in [4.78, 5) is 39.0. The number of halogens is 2. The van der Waals surface area contributed by atoms with Crippen LogP contribution in [-0.2, 0) is 4.79 Å². The van der Waals surface area contributed by atoms with E-state index in [1.807, 2.05) is 39.3 Å². The van der Waals surface area contributed by atoms with Crippen molar-refractivity contribution in [3.05, 3.63) is 72.2 Å². The molecule has 2 unspecified atom stereocenters. The van der Waals surface area contributed by atoms with Crippen molar-refractivity contribution in [3.8, 4) is 17.0 Å². The zero-order valence-corrected chi connectivity index (χ0v) is 23.5. The lowest BCUT2D eigenvalue weighted by molar-refractivity contribution is -0.134. The Hall–Kier alpha value is -4.58. The summed E-state index contributed by atoms with van der Waals surface area (Å²) in [6.07, 6.45) is 5.12. The van der Waals surface area contributed by atoms with Crippen molar-refractivity contribution in [3.63, 3.8) is 0 Å². The number of nitrogens with one attached hydrogen (secondary N) is 2. The van der Waals surface area contributed by atoms with Crippen LogP contribution >= 0.6 is 0 Å². The number of aromatic nitrogens is 3. The van der Waals surface area contributed by atoms with Crippen molar-refractivity contribution < 1.29 is 23.1 Å². The molecule has 222 valence electrons. The van der Waals surface area contributed by atoms with Gasteiger partial charge in [0.2, 0.25) is 5.91 Å². The fraction of sp³-hybridized carbons (Fsp3) is 0.355. The lowest BCUT2D eigenvalue weighted by Gasteiger charge is -2.35. The predicted octanol–water partition coefficient (Wildman–Crippen LogP) is 3.80. The molecule has 7 rings (SSSR count). The van der Waals surface area contributed by atoms with Crippen molar-refractivity contribution in [1.29, 1.82) is 0 Å². The van der Waals surface area contributed by atoms with Gasteiger partial charge in [0.05, 0.1) is 11.9 Å². The van der Waals surface area contributed by atoms with E-state index < -0.39 is 6.61 Å². The summed E-state index contributed by atoms with van der Waals surface area (Å²) in [5.41, 5.74) is 4.34. The van der Waals surface area contributed by atoms with Crippen LogP contribution in [0.4, 0.5) is 20.3 Å². The first-order valence-corrected chi connectivity index (χ1v) is 14.4. The number of nitrogens with zero attached hydrogens (tertiary/aromatic N) is 5. The Balaban J connectivity index is 1.01. The number of hydrogen-bond acceptors (Lipinski definition) is 7. The number of carbonyl (C=O) groups is 2. The van der Waals surface area contributed by atoms with Gasteiger partial charge in [0.1, 0.15) is 5.75 Å². The molecule has 2 aromatic carbocycles. The molecule has 1 saturated carbocycles. The van der Waals surface area contributed by atoms with E-state index in [0.717, 1.165) is 35.6 Å². The van der Waals surface area contributed by atoms with Crippen LogP contribution in [0.5, 0.6) is 5.75 Å². The number of imidazole rings is 1. The lowest BCUT2D eigenvalue weighted by Crippen LogP contribution is -2.51. The number of carbonyl (C=O) groups excluding carboxylic acids is 2. The van der Waals surface area contributed by atoms with Gasteiger partial charge in [-0.1, -0.05) is 0 Å². The number of piperazine rings is 1. The van der Waals surface area contributed by atoms with Crippen LogP contribution in [0.3, 0.4) is 0 Å². The third-order valence-corrected chi connectivity index (χ3v) is 8.78. The van der Waals surface area contributed by atoms with Crippen LogP contribution in [0.25, 0.3) is 16.9 Å². The molecule has 1 aliphatic carbocycles. The van der Waals surface area contributed by atoms with Gasteiger partial charge in [-0.15, -0.1) is 0 Å². The number of piperidine rings is 1. The molecule has 0 spiro atoms. The van der Waals surface area contributed by atoms with E-state index in [1.165, 1.54) is 12.1 Å². The molecule has 2 aromatic heterocycles. The standard InChI is InChI=1S/C31H31F2N7O3/c1-18-14-20(4-7-22(18)29(41)38-10-12-39(13-11-38)30(42)26-23-15-34-16-24(23)26)37-27-28-36-17-25(40(28)9-8-35-27)19-2-5-21(6-3-19)43-31(32)33/h2-9,14,17,23-24,26,31,34H,10-13,15-16H2,1H3,(H,35,37). The third kappa shape index (κ3) is 5.16. The van der Waals surface area contributed by atoms with Gasteiger partial charge in [0, 0.05) is 61.3 Å². The highest BCUT2D eigenvalue weighted by atomic mass is 19.3. The summed E-state index contributed by atoms with van der Waals surface area (Å²) in [6, 6.07) is 11.9. The molecule has 4 aromatic rings. The molecule has 3 aliphatic rings. The number of aryl methyl sites for hydroxylation is 1. The average molecular weight is 588 g/mol. The summed E-state index contributed by atoms with van der Waals surface area (Å²) in [7, 11) is 0. The average Bonchev–Trinajstić information content (AvgIpc) is 3.30. The normalized spacial score (nSPS) is 21.3.